The van der Waals surface area contributed by atoms with Crippen molar-refractivity contribution >= 4 is 0 Å². The molecule has 1 aliphatic rings. The summed E-state index contributed by atoms with van der Waals surface area (Å²) in [6, 6.07) is 8.58. The van der Waals surface area contributed by atoms with Gasteiger partial charge in [0.2, 0.25) is 12.5 Å². The highest BCUT2D eigenvalue weighted by Gasteiger charge is 2.21. The van der Waals surface area contributed by atoms with Gasteiger partial charge in [0.1, 0.15) is 0 Å². The molecule has 1 aliphatic heterocycles. The van der Waals surface area contributed by atoms with Crippen molar-refractivity contribution in [2.24, 2.45) is 0 Å². The molecule has 0 aliphatic carbocycles. The van der Waals surface area contributed by atoms with E-state index in [1.807, 2.05) is 24.4 Å². The van der Waals surface area contributed by atoms with Crippen LogP contribution in [0.25, 0.3) is 0 Å². The molecule has 1 aromatic heterocycles. The van der Waals surface area contributed by atoms with Gasteiger partial charge in [0.25, 0.3) is 0 Å². The van der Waals surface area contributed by atoms with Crippen LogP contribution in [0.3, 0.4) is 0 Å². The minimum atomic E-state index is 0.250. The van der Waals surface area contributed by atoms with Crippen LogP contribution in [-0.4, -0.2) is 36.9 Å². The van der Waals surface area contributed by atoms with E-state index in [0.29, 0.717) is 11.8 Å². The molecular weight excluding hydrogens is 304 g/mol. The van der Waals surface area contributed by atoms with E-state index in [9.17, 15) is 0 Å². The Morgan fingerprint density at radius 1 is 1.29 bits per heavy atom. The second-order valence-electron chi connectivity index (χ2n) is 6.32. The zero-order chi connectivity index (χ0) is 17.1. The normalized spacial score (nSPS) is 14.0. The van der Waals surface area contributed by atoms with Crippen molar-refractivity contribution in [3.63, 3.8) is 0 Å². The smallest absolute Gasteiger partial charge is 0.231 e. The van der Waals surface area contributed by atoms with Crippen molar-refractivity contribution in [2.45, 2.75) is 32.9 Å². The second kappa shape index (κ2) is 7.09. The molecule has 2 aromatic rings. The molecule has 0 fully saturated rings. The summed E-state index contributed by atoms with van der Waals surface area (Å²) in [5.41, 5.74) is 3.51. The Balaban J connectivity index is 1.69. The van der Waals surface area contributed by atoms with E-state index in [1.54, 1.807) is 7.11 Å². The first kappa shape index (κ1) is 16.6. The largest absolute Gasteiger partial charge is 0.493 e. The van der Waals surface area contributed by atoms with Gasteiger partial charge in [0.05, 0.1) is 7.11 Å². The molecule has 1 atom stereocenters. The number of benzene rings is 1. The van der Waals surface area contributed by atoms with Crippen LogP contribution in [0.2, 0.25) is 0 Å². The lowest BCUT2D eigenvalue weighted by Gasteiger charge is -2.25. The third kappa shape index (κ3) is 3.62. The number of pyridine rings is 1. The van der Waals surface area contributed by atoms with Crippen molar-refractivity contribution in [1.82, 2.24) is 9.88 Å². The quantitative estimate of drug-likeness (QED) is 0.815. The Kier molecular flexibility index (Phi) is 4.90. The van der Waals surface area contributed by atoms with Crippen LogP contribution in [-0.2, 0) is 13.0 Å². The van der Waals surface area contributed by atoms with Crippen molar-refractivity contribution < 1.29 is 14.2 Å². The summed E-state index contributed by atoms with van der Waals surface area (Å²) in [5.74, 6) is 2.17. The number of fused-ring (bicyclic) bond motifs is 1. The molecule has 5 heteroatoms. The minimum absolute atomic E-state index is 0.250. The molecule has 2 heterocycles. The first-order valence-corrected chi connectivity index (χ1v) is 8.15. The molecule has 0 N–H and O–H groups in total. The summed E-state index contributed by atoms with van der Waals surface area (Å²) < 4.78 is 16.4. The van der Waals surface area contributed by atoms with Crippen LogP contribution in [0.1, 0.15) is 23.7 Å². The lowest BCUT2D eigenvalue weighted by molar-refractivity contribution is 0.171. The zero-order valence-corrected chi connectivity index (χ0v) is 14.7. The summed E-state index contributed by atoms with van der Waals surface area (Å²) in [6.07, 6.45) is 2.79. The van der Waals surface area contributed by atoms with Crippen molar-refractivity contribution in [2.75, 3.05) is 21.0 Å². The van der Waals surface area contributed by atoms with Crippen LogP contribution in [0, 0.1) is 6.92 Å². The van der Waals surface area contributed by atoms with E-state index in [-0.39, 0.29) is 6.79 Å². The molecule has 24 heavy (non-hydrogen) atoms. The zero-order valence-electron chi connectivity index (χ0n) is 14.7. The highest BCUT2D eigenvalue weighted by Crippen LogP contribution is 2.42. The fourth-order valence-corrected chi connectivity index (χ4v) is 2.89. The molecule has 0 bridgehead atoms. The standard InChI is InChI=1S/C19H24N2O3/c1-13-5-6-20-16(7-13)8-14(2)21(3)11-15-9-17(22-4)19-18(10-15)23-12-24-19/h5-7,9-10,14H,8,11-12H2,1-4H3. The number of ether oxygens (including phenoxy) is 3. The number of hydrogen-bond acceptors (Lipinski definition) is 5. The predicted octanol–water partition coefficient (Wildman–Crippen LogP) is 3.19. The number of hydrogen-bond donors (Lipinski definition) is 0. The van der Waals surface area contributed by atoms with Crippen molar-refractivity contribution in [3.8, 4) is 17.2 Å². The summed E-state index contributed by atoms with van der Waals surface area (Å²) >= 11 is 0. The van der Waals surface area contributed by atoms with Gasteiger partial charge in [0, 0.05) is 30.9 Å². The average Bonchev–Trinajstić information content (AvgIpc) is 3.02. The Hall–Kier alpha value is -2.27. The Bertz CT molecular complexity index is 718. The van der Waals surface area contributed by atoms with Gasteiger partial charge in [-0.2, -0.15) is 0 Å². The maximum absolute atomic E-state index is 5.50. The van der Waals surface area contributed by atoms with E-state index in [1.165, 1.54) is 5.56 Å². The van der Waals surface area contributed by atoms with Gasteiger partial charge in [-0.1, -0.05) is 0 Å². The molecule has 0 saturated carbocycles. The van der Waals surface area contributed by atoms with E-state index < -0.39 is 0 Å². The molecule has 0 amide bonds. The monoisotopic (exact) mass is 328 g/mol. The van der Waals surface area contributed by atoms with Crippen LogP contribution < -0.4 is 14.2 Å². The fourth-order valence-electron chi connectivity index (χ4n) is 2.89. The molecule has 128 valence electrons. The van der Waals surface area contributed by atoms with Crippen molar-refractivity contribution in [3.05, 3.63) is 47.3 Å². The van der Waals surface area contributed by atoms with Gasteiger partial charge in [-0.25, -0.2) is 0 Å². The van der Waals surface area contributed by atoms with Gasteiger partial charge in [0.15, 0.2) is 11.5 Å². The number of aromatic nitrogens is 1. The molecule has 1 aromatic carbocycles. The van der Waals surface area contributed by atoms with E-state index >= 15 is 0 Å². The molecule has 0 saturated heterocycles. The highest BCUT2D eigenvalue weighted by molar-refractivity contribution is 5.55. The number of aryl methyl sites for hydroxylation is 1. The molecule has 0 radical (unpaired) electrons. The minimum Gasteiger partial charge on any atom is -0.493 e. The molecule has 0 spiro atoms. The van der Waals surface area contributed by atoms with E-state index in [2.05, 4.69) is 36.8 Å². The third-order valence-electron chi connectivity index (χ3n) is 4.38. The summed E-state index contributed by atoms with van der Waals surface area (Å²) in [5, 5.41) is 0. The molecule has 5 nitrogen and oxygen atoms in total. The lowest BCUT2D eigenvalue weighted by atomic mass is 10.1. The van der Waals surface area contributed by atoms with Crippen LogP contribution >= 0.6 is 0 Å². The average molecular weight is 328 g/mol. The summed E-state index contributed by atoms with van der Waals surface area (Å²) in [4.78, 5) is 6.77. The predicted molar refractivity (Wildman–Crippen MR) is 92.7 cm³/mol. The van der Waals surface area contributed by atoms with Crippen LogP contribution in [0.4, 0.5) is 0 Å². The number of likely N-dealkylation sites (N-methyl/N-ethyl adjacent to an activating group) is 1. The van der Waals surface area contributed by atoms with Gasteiger partial charge in [-0.15, -0.1) is 0 Å². The van der Waals surface area contributed by atoms with Gasteiger partial charge in [-0.05, 0) is 56.3 Å². The van der Waals surface area contributed by atoms with E-state index in [0.717, 1.165) is 35.7 Å². The Morgan fingerprint density at radius 2 is 2.12 bits per heavy atom. The first-order chi connectivity index (χ1) is 11.6. The fraction of sp³-hybridized carbons (Fsp3) is 0.421. The van der Waals surface area contributed by atoms with Crippen LogP contribution in [0.15, 0.2) is 30.5 Å². The van der Waals surface area contributed by atoms with E-state index in [4.69, 9.17) is 14.2 Å². The SMILES string of the molecule is COc1cc(CN(C)C(C)Cc2cc(C)ccn2)cc2c1OCO2. The number of nitrogens with zero attached hydrogens (tertiary/aromatic N) is 2. The lowest BCUT2D eigenvalue weighted by Crippen LogP contribution is -2.30. The molecular formula is C19H24N2O3. The third-order valence-corrected chi connectivity index (χ3v) is 4.38. The molecule has 1 unspecified atom stereocenters. The van der Waals surface area contributed by atoms with Crippen molar-refractivity contribution in [1.29, 1.82) is 0 Å². The maximum atomic E-state index is 5.50. The van der Waals surface area contributed by atoms with Gasteiger partial charge >= 0.3 is 0 Å². The Labute approximate surface area is 143 Å². The number of rotatable bonds is 6. The maximum Gasteiger partial charge on any atom is 0.231 e. The Morgan fingerprint density at radius 3 is 2.88 bits per heavy atom. The molecule has 3 rings (SSSR count). The first-order valence-electron chi connectivity index (χ1n) is 8.15. The van der Waals surface area contributed by atoms with Gasteiger partial charge in [-0.3, -0.25) is 9.88 Å². The van der Waals surface area contributed by atoms with Gasteiger partial charge < -0.3 is 14.2 Å². The highest BCUT2D eigenvalue weighted by atomic mass is 16.7. The van der Waals surface area contributed by atoms with Crippen LogP contribution in [0.5, 0.6) is 17.2 Å². The number of methoxy groups -OCH3 is 1. The second-order valence-corrected chi connectivity index (χ2v) is 6.32. The summed E-state index contributed by atoms with van der Waals surface area (Å²) in [6.45, 7) is 5.37. The topological polar surface area (TPSA) is 43.8 Å². The summed E-state index contributed by atoms with van der Waals surface area (Å²) in [7, 11) is 3.77.